The topological polar surface area (TPSA) is 173 Å². The van der Waals surface area contributed by atoms with E-state index in [-0.39, 0.29) is 0 Å². The first-order valence-corrected chi connectivity index (χ1v) is 6.85. The van der Waals surface area contributed by atoms with Crippen LogP contribution in [0.2, 0.25) is 0 Å². The standard InChI is InChI=1S/C6H4N4O6S2/c7-9-3-1-4(17(11,12)13)6(10-8)5(2-3)18(14,15)16/h1-2,7H,(H-,11,12,13,14,15,16)/p+1. The van der Waals surface area contributed by atoms with Gasteiger partial charge in [0.2, 0.25) is 5.39 Å². The van der Waals surface area contributed by atoms with Crippen molar-refractivity contribution in [1.29, 1.82) is 10.9 Å². The summed E-state index contributed by atoms with van der Waals surface area (Å²) >= 11 is 0. The van der Waals surface area contributed by atoms with Crippen molar-refractivity contribution in [1.82, 2.24) is 0 Å². The van der Waals surface area contributed by atoms with Gasteiger partial charge >= 0.3 is 25.9 Å². The molecule has 1 rings (SSSR count). The van der Waals surface area contributed by atoms with E-state index in [2.05, 4.69) is 10.1 Å². The Kier molecular flexibility index (Phi) is 3.44. The summed E-state index contributed by atoms with van der Waals surface area (Å²) < 4.78 is 61.5. The minimum Gasteiger partial charge on any atom is -0.282 e. The van der Waals surface area contributed by atoms with Crippen molar-refractivity contribution in [3.8, 4) is 0 Å². The summed E-state index contributed by atoms with van der Waals surface area (Å²) in [5.74, 6) is 0. The molecule has 0 saturated carbocycles. The normalized spacial score (nSPS) is 11.8. The van der Waals surface area contributed by atoms with Crippen LogP contribution in [-0.2, 0) is 20.2 Å². The fourth-order valence-electron chi connectivity index (χ4n) is 1.12. The van der Waals surface area contributed by atoms with E-state index in [0.29, 0.717) is 12.1 Å². The third-order valence-corrected chi connectivity index (χ3v) is 3.54. The van der Waals surface area contributed by atoms with Crippen LogP contribution < -0.4 is 0 Å². The molecule has 0 spiro atoms. The molecule has 0 aliphatic carbocycles. The van der Waals surface area contributed by atoms with Gasteiger partial charge in [-0.05, 0) is 12.1 Å². The number of hydrogen-bond donors (Lipinski definition) is 3. The molecule has 0 saturated heterocycles. The molecule has 0 fully saturated rings. The van der Waals surface area contributed by atoms with Crippen LogP contribution >= 0.6 is 0 Å². The van der Waals surface area contributed by atoms with E-state index in [1.54, 1.807) is 0 Å². The molecule has 10 nitrogen and oxygen atoms in total. The molecule has 96 valence electrons. The minimum atomic E-state index is -4.93. The number of diazo groups is 1. The summed E-state index contributed by atoms with van der Waals surface area (Å²) in [6.07, 6.45) is 0. The van der Waals surface area contributed by atoms with Crippen LogP contribution in [0.25, 0.3) is 4.98 Å². The van der Waals surface area contributed by atoms with Gasteiger partial charge in [-0.3, -0.25) is 9.11 Å². The highest BCUT2D eigenvalue weighted by Gasteiger charge is 2.35. The summed E-state index contributed by atoms with van der Waals surface area (Å²) in [5, 5.41) is 11.4. The summed E-state index contributed by atoms with van der Waals surface area (Å²) in [5.41, 5.74) is 5.09. The van der Waals surface area contributed by atoms with E-state index in [9.17, 15) is 16.8 Å². The second kappa shape index (κ2) is 4.38. The number of nitrogens with one attached hydrogen (secondary N) is 1. The van der Waals surface area contributed by atoms with Crippen molar-refractivity contribution >= 4 is 31.6 Å². The lowest BCUT2D eigenvalue weighted by atomic mass is 10.3. The van der Waals surface area contributed by atoms with Gasteiger partial charge in [-0.2, -0.15) is 21.9 Å². The second-order valence-electron chi connectivity index (χ2n) is 2.95. The summed E-state index contributed by atoms with van der Waals surface area (Å²) in [7, 11) is -9.87. The zero-order valence-electron chi connectivity index (χ0n) is 8.34. The van der Waals surface area contributed by atoms with Crippen molar-refractivity contribution in [3.63, 3.8) is 0 Å². The van der Waals surface area contributed by atoms with Crippen LogP contribution in [0.4, 0.5) is 11.4 Å². The van der Waals surface area contributed by atoms with Gasteiger partial charge in [0.25, 0.3) is 0 Å². The van der Waals surface area contributed by atoms with Crippen LogP contribution in [0.1, 0.15) is 0 Å². The average molecular weight is 293 g/mol. The number of hydrogen-bond acceptors (Lipinski definition) is 7. The van der Waals surface area contributed by atoms with Crippen LogP contribution in [0.3, 0.4) is 0 Å². The van der Waals surface area contributed by atoms with Crippen molar-refractivity contribution in [3.05, 3.63) is 17.1 Å². The van der Waals surface area contributed by atoms with Crippen LogP contribution in [0, 0.1) is 10.9 Å². The predicted molar refractivity (Wildman–Crippen MR) is 55.6 cm³/mol. The first-order valence-electron chi connectivity index (χ1n) is 3.97. The molecule has 0 heterocycles. The molecule has 0 amide bonds. The molecular formula is C6H5N4O6S2+. The molecule has 1 aromatic carbocycles. The lowest BCUT2D eigenvalue weighted by Crippen LogP contribution is -2.04. The second-order valence-corrected chi connectivity index (χ2v) is 5.73. The molecular weight excluding hydrogens is 288 g/mol. The third-order valence-electron chi connectivity index (χ3n) is 1.81. The van der Waals surface area contributed by atoms with Gasteiger partial charge in [-0.25, -0.2) is 5.53 Å². The third kappa shape index (κ3) is 2.65. The molecule has 0 aromatic heterocycles. The maximum atomic E-state index is 11.0. The van der Waals surface area contributed by atoms with Crippen LogP contribution in [0.5, 0.6) is 0 Å². The Balaban J connectivity index is 3.98. The van der Waals surface area contributed by atoms with Gasteiger partial charge in [-0.15, -0.1) is 0 Å². The highest BCUT2D eigenvalue weighted by atomic mass is 32.2. The fraction of sp³-hybridized carbons (Fsp3) is 0. The van der Waals surface area contributed by atoms with Crippen molar-refractivity contribution in [2.45, 2.75) is 9.79 Å². The van der Waals surface area contributed by atoms with E-state index in [4.69, 9.17) is 20.0 Å². The van der Waals surface area contributed by atoms with Crippen molar-refractivity contribution in [2.24, 2.45) is 5.11 Å². The molecule has 12 heteroatoms. The highest BCUT2D eigenvalue weighted by Crippen LogP contribution is 2.35. The molecule has 0 radical (unpaired) electrons. The van der Waals surface area contributed by atoms with E-state index in [0.717, 1.165) is 0 Å². The molecule has 18 heavy (non-hydrogen) atoms. The van der Waals surface area contributed by atoms with E-state index < -0.39 is 41.4 Å². The van der Waals surface area contributed by atoms with Crippen LogP contribution in [0.15, 0.2) is 27.0 Å². The Morgan fingerprint density at radius 2 is 1.50 bits per heavy atom. The molecule has 0 unspecified atom stereocenters. The Morgan fingerprint density at radius 1 is 1.11 bits per heavy atom. The Labute approximate surface area is 101 Å². The smallest absolute Gasteiger partial charge is 0.282 e. The average Bonchev–Trinajstić information content (AvgIpc) is 2.24. The van der Waals surface area contributed by atoms with Crippen LogP contribution in [-0.4, -0.2) is 25.9 Å². The Hall–Kier alpha value is -1.94. The van der Waals surface area contributed by atoms with Gasteiger partial charge in [0.05, 0.1) is 5.69 Å². The van der Waals surface area contributed by atoms with E-state index >= 15 is 0 Å². The lowest BCUT2D eigenvalue weighted by molar-refractivity contribution is 0.482. The lowest BCUT2D eigenvalue weighted by Gasteiger charge is -1.99. The number of rotatable bonds is 3. The first-order chi connectivity index (χ1) is 8.11. The molecule has 0 atom stereocenters. The summed E-state index contributed by atoms with van der Waals surface area (Å²) in [6, 6.07) is 1.21. The van der Waals surface area contributed by atoms with E-state index in [1.807, 2.05) is 0 Å². The molecule has 3 N–H and O–H groups in total. The zero-order chi connectivity index (χ0) is 14.1. The maximum absolute atomic E-state index is 11.0. The molecule has 0 aliphatic heterocycles. The molecule has 0 aliphatic rings. The molecule has 0 bridgehead atoms. The van der Waals surface area contributed by atoms with Gasteiger partial charge in [0, 0.05) is 0 Å². The van der Waals surface area contributed by atoms with Gasteiger partial charge < -0.3 is 0 Å². The minimum absolute atomic E-state index is 0.484. The fourth-order valence-corrected chi connectivity index (χ4v) is 2.52. The number of nitrogens with zero attached hydrogens (tertiary/aromatic N) is 3. The Morgan fingerprint density at radius 3 is 1.72 bits per heavy atom. The predicted octanol–water partition coefficient (Wildman–Crippen LogP) is 1.33. The first kappa shape index (κ1) is 14.1. The van der Waals surface area contributed by atoms with Gasteiger partial charge in [0.1, 0.15) is 0 Å². The van der Waals surface area contributed by atoms with Gasteiger partial charge in [-0.1, -0.05) is 0 Å². The van der Waals surface area contributed by atoms with Crippen molar-refractivity contribution in [2.75, 3.05) is 0 Å². The maximum Gasteiger partial charge on any atom is 0.427 e. The van der Waals surface area contributed by atoms with Crippen molar-refractivity contribution < 1.29 is 25.9 Å². The monoisotopic (exact) mass is 293 g/mol. The highest BCUT2D eigenvalue weighted by molar-refractivity contribution is 7.87. The largest absolute Gasteiger partial charge is 0.427 e. The van der Waals surface area contributed by atoms with Gasteiger partial charge in [0.15, 0.2) is 14.8 Å². The number of benzene rings is 1. The summed E-state index contributed by atoms with van der Waals surface area (Å²) in [6.45, 7) is 0. The molecule has 1 aromatic rings. The zero-order valence-corrected chi connectivity index (χ0v) is 9.97. The SMILES string of the molecule is N#[N+]c1c(S(=O)(=O)O)cc(N=N)cc1S(=O)(=O)O. The van der Waals surface area contributed by atoms with E-state index in [1.165, 1.54) is 0 Å². The quantitative estimate of drug-likeness (QED) is 0.428. The Bertz CT molecular complexity index is 707. The summed E-state index contributed by atoms with van der Waals surface area (Å²) in [4.78, 5) is 0.187.